The van der Waals surface area contributed by atoms with Crippen LogP contribution >= 0.6 is 0 Å². The lowest BCUT2D eigenvalue weighted by Gasteiger charge is -2.33. The van der Waals surface area contributed by atoms with Gasteiger partial charge in [-0.2, -0.15) is 5.10 Å². The smallest absolute Gasteiger partial charge is 0.257 e. The highest BCUT2D eigenvalue weighted by molar-refractivity contribution is 5.94. The van der Waals surface area contributed by atoms with Crippen molar-refractivity contribution in [1.82, 2.24) is 29.8 Å². The van der Waals surface area contributed by atoms with Crippen molar-refractivity contribution in [3.63, 3.8) is 0 Å². The fourth-order valence-corrected chi connectivity index (χ4v) is 4.57. The molecule has 2 amide bonds. The molecule has 0 bridgehead atoms. The summed E-state index contributed by atoms with van der Waals surface area (Å²) in [7, 11) is 0. The van der Waals surface area contributed by atoms with Gasteiger partial charge in [0.25, 0.3) is 5.91 Å². The number of amides is 2. The fraction of sp³-hybridized carbons (Fsp3) is 0.682. The van der Waals surface area contributed by atoms with E-state index in [2.05, 4.69) is 22.2 Å². The highest BCUT2D eigenvalue weighted by atomic mass is 16.4. The predicted octanol–water partition coefficient (Wildman–Crippen LogP) is 3.16. The molecule has 1 atom stereocenters. The number of aromatic nitrogens is 4. The number of aryl methyl sites for hydroxylation is 1. The minimum absolute atomic E-state index is 0.0295. The van der Waals surface area contributed by atoms with Crippen LogP contribution in [0, 0.1) is 0 Å². The van der Waals surface area contributed by atoms with E-state index in [4.69, 9.17) is 4.42 Å². The molecule has 0 N–H and O–H groups in total. The number of rotatable bonds is 6. The van der Waals surface area contributed by atoms with Gasteiger partial charge < -0.3 is 14.2 Å². The van der Waals surface area contributed by atoms with Gasteiger partial charge in [-0.15, -0.1) is 10.2 Å². The second kappa shape index (κ2) is 9.62. The molecule has 4 heterocycles. The highest BCUT2D eigenvalue weighted by Gasteiger charge is 2.34. The second-order valence-corrected chi connectivity index (χ2v) is 8.49. The maximum absolute atomic E-state index is 13.2. The normalized spacial score (nSPS) is 20.3. The van der Waals surface area contributed by atoms with Gasteiger partial charge in [0.15, 0.2) is 0 Å². The molecule has 0 saturated carbocycles. The van der Waals surface area contributed by atoms with Crippen LogP contribution in [0.5, 0.6) is 0 Å². The number of likely N-dealkylation sites (tertiary alicyclic amines) is 2. The summed E-state index contributed by atoms with van der Waals surface area (Å²) >= 11 is 0. The molecule has 1 unspecified atom stereocenters. The predicted molar refractivity (Wildman–Crippen MR) is 113 cm³/mol. The first-order chi connectivity index (χ1) is 15.1. The quantitative estimate of drug-likeness (QED) is 0.701. The molecule has 2 fully saturated rings. The first-order valence-corrected chi connectivity index (χ1v) is 11.5. The van der Waals surface area contributed by atoms with E-state index in [0.717, 1.165) is 58.2 Å². The maximum Gasteiger partial charge on any atom is 0.257 e. The van der Waals surface area contributed by atoms with Crippen LogP contribution in [0.25, 0.3) is 0 Å². The standard InChI is InChI=1S/C22H32N6O3/c1-3-10-27-15-17(14-23-27)22(30)28-11-6-5-7-18(28)21-25-24-20(31-21)16-8-12-26(13-9-16)19(29)4-2/h14-16,18H,3-13H2,1-2H3. The largest absolute Gasteiger partial charge is 0.423 e. The number of piperidine rings is 2. The summed E-state index contributed by atoms with van der Waals surface area (Å²) in [5.74, 6) is 1.49. The lowest BCUT2D eigenvalue weighted by atomic mass is 9.96. The summed E-state index contributed by atoms with van der Waals surface area (Å²) in [6, 6.07) is -0.196. The lowest BCUT2D eigenvalue weighted by Crippen LogP contribution is -2.38. The van der Waals surface area contributed by atoms with Gasteiger partial charge in [0, 0.05) is 44.7 Å². The Balaban J connectivity index is 1.45. The topological polar surface area (TPSA) is 97.4 Å². The van der Waals surface area contributed by atoms with E-state index in [1.165, 1.54) is 0 Å². The number of carbonyl (C=O) groups is 2. The van der Waals surface area contributed by atoms with E-state index in [-0.39, 0.29) is 23.8 Å². The molecule has 0 spiro atoms. The zero-order chi connectivity index (χ0) is 21.8. The average molecular weight is 429 g/mol. The van der Waals surface area contributed by atoms with Crippen molar-refractivity contribution >= 4 is 11.8 Å². The van der Waals surface area contributed by atoms with Gasteiger partial charge in [0.1, 0.15) is 6.04 Å². The Labute approximate surface area is 182 Å². The van der Waals surface area contributed by atoms with Crippen LogP contribution in [-0.4, -0.2) is 61.2 Å². The van der Waals surface area contributed by atoms with Gasteiger partial charge in [0.2, 0.25) is 17.7 Å². The van der Waals surface area contributed by atoms with E-state index < -0.39 is 0 Å². The molecule has 4 rings (SSSR count). The van der Waals surface area contributed by atoms with Crippen molar-refractivity contribution in [2.24, 2.45) is 0 Å². The summed E-state index contributed by atoms with van der Waals surface area (Å²) in [5.41, 5.74) is 0.605. The van der Waals surface area contributed by atoms with E-state index in [1.807, 2.05) is 27.6 Å². The summed E-state index contributed by atoms with van der Waals surface area (Å²) in [6.07, 6.45) is 9.45. The highest BCUT2D eigenvalue weighted by Crippen LogP contribution is 2.34. The monoisotopic (exact) mass is 428 g/mol. The molecule has 2 aromatic heterocycles. The lowest BCUT2D eigenvalue weighted by molar-refractivity contribution is -0.131. The second-order valence-electron chi connectivity index (χ2n) is 8.49. The van der Waals surface area contributed by atoms with Crippen LogP contribution in [0.2, 0.25) is 0 Å². The summed E-state index contributed by atoms with van der Waals surface area (Å²) in [4.78, 5) is 28.9. The van der Waals surface area contributed by atoms with Gasteiger partial charge >= 0.3 is 0 Å². The van der Waals surface area contributed by atoms with Gasteiger partial charge in [0.05, 0.1) is 11.8 Å². The summed E-state index contributed by atoms with van der Waals surface area (Å²) < 4.78 is 7.92. The van der Waals surface area contributed by atoms with Gasteiger partial charge in [-0.1, -0.05) is 13.8 Å². The van der Waals surface area contributed by atoms with E-state index >= 15 is 0 Å². The molecule has 31 heavy (non-hydrogen) atoms. The molecule has 9 heteroatoms. The van der Waals surface area contributed by atoms with Crippen molar-refractivity contribution < 1.29 is 14.0 Å². The van der Waals surface area contributed by atoms with Gasteiger partial charge in [-0.05, 0) is 38.5 Å². The van der Waals surface area contributed by atoms with Crippen LogP contribution in [0.3, 0.4) is 0 Å². The van der Waals surface area contributed by atoms with Gasteiger partial charge in [-0.3, -0.25) is 14.3 Å². The molecular formula is C22H32N6O3. The Hall–Kier alpha value is -2.71. The van der Waals surface area contributed by atoms with Crippen molar-refractivity contribution in [3.8, 4) is 0 Å². The van der Waals surface area contributed by atoms with Crippen LogP contribution < -0.4 is 0 Å². The molecule has 2 aliphatic rings. The minimum Gasteiger partial charge on any atom is -0.423 e. The Morgan fingerprint density at radius 3 is 2.58 bits per heavy atom. The fourth-order valence-electron chi connectivity index (χ4n) is 4.57. The summed E-state index contributed by atoms with van der Waals surface area (Å²) in [5, 5.41) is 13.0. The van der Waals surface area contributed by atoms with Crippen LogP contribution in [0.15, 0.2) is 16.8 Å². The Morgan fingerprint density at radius 1 is 1.06 bits per heavy atom. The average Bonchev–Trinajstić information content (AvgIpc) is 3.49. The van der Waals surface area contributed by atoms with Crippen LogP contribution in [-0.2, 0) is 11.3 Å². The first kappa shape index (κ1) is 21.5. The third-order valence-corrected chi connectivity index (χ3v) is 6.34. The van der Waals surface area contributed by atoms with Crippen LogP contribution in [0.4, 0.5) is 0 Å². The minimum atomic E-state index is -0.196. The Kier molecular flexibility index (Phi) is 6.67. The molecule has 168 valence electrons. The van der Waals surface area contributed by atoms with Crippen LogP contribution in [0.1, 0.15) is 92.9 Å². The maximum atomic E-state index is 13.2. The van der Waals surface area contributed by atoms with E-state index in [0.29, 0.717) is 30.3 Å². The number of nitrogens with zero attached hydrogens (tertiary/aromatic N) is 6. The SMILES string of the molecule is CCCn1cc(C(=O)N2CCCCC2c2nnc(C3CCN(C(=O)CC)CC3)o2)cn1. The van der Waals surface area contributed by atoms with Crippen molar-refractivity contribution in [2.75, 3.05) is 19.6 Å². The van der Waals surface area contributed by atoms with Gasteiger partial charge in [-0.25, -0.2) is 0 Å². The molecular weight excluding hydrogens is 396 g/mol. The first-order valence-electron chi connectivity index (χ1n) is 11.5. The van der Waals surface area contributed by atoms with E-state index in [1.54, 1.807) is 6.20 Å². The molecule has 0 aliphatic carbocycles. The molecule has 0 radical (unpaired) electrons. The zero-order valence-electron chi connectivity index (χ0n) is 18.5. The van der Waals surface area contributed by atoms with E-state index in [9.17, 15) is 9.59 Å². The third kappa shape index (κ3) is 4.65. The number of hydrogen-bond donors (Lipinski definition) is 0. The molecule has 9 nitrogen and oxygen atoms in total. The van der Waals surface area contributed by atoms with Crippen molar-refractivity contribution in [2.45, 2.75) is 77.3 Å². The molecule has 2 aliphatic heterocycles. The molecule has 2 aromatic rings. The Morgan fingerprint density at radius 2 is 1.84 bits per heavy atom. The third-order valence-electron chi connectivity index (χ3n) is 6.34. The number of hydrogen-bond acceptors (Lipinski definition) is 6. The summed E-state index contributed by atoms with van der Waals surface area (Å²) in [6.45, 7) is 6.91. The van der Waals surface area contributed by atoms with Crippen molar-refractivity contribution in [3.05, 3.63) is 29.7 Å². The van der Waals surface area contributed by atoms with Crippen molar-refractivity contribution in [1.29, 1.82) is 0 Å². The zero-order valence-corrected chi connectivity index (χ0v) is 18.5. The molecule has 2 saturated heterocycles. The molecule has 0 aromatic carbocycles. The number of carbonyl (C=O) groups excluding carboxylic acids is 2. The Bertz CT molecular complexity index is 899.